The minimum atomic E-state index is 0.275. The summed E-state index contributed by atoms with van der Waals surface area (Å²) in [6.07, 6.45) is 19.6. The van der Waals surface area contributed by atoms with Crippen molar-refractivity contribution in [2.45, 2.75) is 70.6 Å². The number of aromatic nitrogens is 2. The van der Waals surface area contributed by atoms with E-state index in [0.29, 0.717) is 6.42 Å². The van der Waals surface area contributed by atoms with Crippen molar-refractivity contribution >= 4 is 16.7 Å². The molecule has 0 spiro atoms. The lowest BCUT2D eigenvalue weighted by Gasteiger charge is -2.35. The largest absolute Gasteiger partial charge is 0.316 e. The summed E-state index contributed by atoms with van der Waals surface area (Å²) in [4.78, 5) is 17.2. The smallest absolute Gasteiger partial charge is 0.162 e. The van der Waals surface area contributed by atoms with Crippen molar-refractivity contribution in [1.29, 1.82) is 0 Å². The molecule has 2 aromatic heterocycles. The molecule has 0 aliphatic heterocycles. The van der Waals surface area contributed by atoms with Crippen LogP contribution in [0.4, 0.5) is 0 Å². The van der Waals surface area contributed by atoms with Gasteiger partial charge in [0.25, 0.3) is 0 Å². The average Bonchev–Trinajstić information content (AvgIpc) is 3.48. The third-order valence-corrected chi connectivity index (χ3v) is 9.46. The van der Waals surface area contributed by atoms with Gasteiger partial charge in [0.15, 0.2) is 5.78 Å². The molecular weight excluding hydrogens is 464 g/mol. The van der Waals surface area contributed by atoms with Crippen LogP contribution in [0.5, 0.6) is 0 Å². The van der Waals surface area contributed by atoms with Crippen LogP contribution < -0.4 is 0 Å². The van der Waals surface area contributed by atoms with Gasteiger partial charge in [0.1, 0.15) is 0 Å². The van der Waals surface area contributed by atoms with E-state index in [-0.39, 0.29) is 5.78 Å². The van der Waals surface area contributed by atoms with E-state index >= 15 is 0 Å². The summed E-state index contributed by atoms with van der Waals surface area (Å²) in [5.74, 6) is 4.04. The van der Waals surface area contributed by atoms with E-state index in [1.165, 1.54) is 63.4 Å². The second-order valence-corrected chi connectivity index (χ2v) is 11.8. The predicted molar refractivity (Wildman–Crippen MR) is 156 cm³/mol. The van der Waals surface area contributed by atoms with Crippen LogP contribution in [-0.2, 0) is 6.42 Å². The van der Waals surface area contributed by atoms with Crippen LogP contribution in [0.2, 0.25) is 0 Å². The van der Waals surface area contributed by atoms with Crippen molar-refractivity contribution in [2.75, 3.05) is 0 Å². The van der Waals surface area contributed by atoms with Crippen molar-refractivity contribution < 1.29 is 4.79 Å². The number of ketones is 1. The monoisotopic (exact) mass is 504 g/mol. The summed E-state index contributed by atoms with van der Waals surface area (Å²) < 4.78 is 2.14. The first-order chi connectivity index (χ1) is 18.7. The Balaban J connectivity index is 0.962. The van der Waals surface area contributed by atoms with Crippen LogP contribution in [0.3, 0.4) is 0 Å². The molecule has 3 heteroatoms. The molecule has 2 aromatic carbocycles. The van der Waals surface area contributed by atoms with Gasteiger partial charge in [-0.25, -0.2) is 0 Å². The molecule has 2 aliphatic carbocycles. The number of benzene rings is 2. The number of unbranched alkanes of at least 4 members (excludes halogenated alkanes) is 1. The highest BCUT2D eigenvalue weighted by Crippen LogP contribution is 2.51. The first kappa shape index (κ1) is 25.1. The maximum absolute atomic E-state index is 13.0. The van der Waals surface area contributed by atoms with E-state index in [4.69, 9.17) is 0 Å². The van der Waals surface area contributed by atoms with E-state index in [2.05, 4.69) is 64.3 Å². The maximum Gasteiger partial charge on any atom is 0.162 e. The number of aryl methyl sites for hydroxylation is 1. The Morgan fingerprint density at radius 2 is 1.63 bits per heavy atom. The van der Waals surface area contributed by atoms with Gasteiger partial charge in [-0.3, -0.25) is 9.78 Å². The van der Waals surface area contributed by atoms with E-state index in [0.717, 1.165) is 52.2 Å². The zero-order valence-corrected chi connectivity index (χ0v) is 22.5. The fourth-order valence-electron chi connectivity index (χ4n) is 7.57. The van der Waals surface area contributed by atoms with Crippen LogP contribution >= 0.6 is 0 Å². The van der Waals surface area contributed by atoms with Gasteiger partial charge in [-0.2, -0.15) is 0 Å². The molecule has 2 saturated carbocycles. The number of carbonyl (C=O) groups is 1. The standard InChI is InChI=1S/C35H40N2O/c38-35(31-16-13-28-19-22-37(34(28)25-31)32-17-20-36-21-18-32)12-5-4-9-27-23-29-14-15-30(24-27)33(29)11-6-10-26-7-2-1-3-8-26/h1-3,7-8,13,16-22,25,27,29-30,33H,4-6,9-12,14-15,23-24H2/t27-,29-,30+,33?. The fraction of sp³-hybridized carbons (Fsp3) is 0.429. The number of pyridine rings is 1. The first-order valence-corrected chi connectivity index (χ1v) is 14.8. The maximum atomic E-state index is 13.0. The van der Waals surface area contributed by atoms with E-state index < -0.39 is 0 Å². The van der Waals surface area contributed by atoms with Gasteiger partial charge in [-0.15, -0.1) is 0 Å². The van der Waals surface area contributed by atoms with Crippen molar-refractivity contribution in [3.63, 3.8) is 0 Å². The van der Waals surface area contributed by atoms with Gasteiger partial charge in [0.2, 0.25) is 0 Å². The number of hydrogen-bond donors (Lipinski definition) is 0. The van der Waals surface area contributed by atoms with Crippen molar-refractivity contribution in [1.82, 2.24) is 9.55 Å². The molecular formula is C35H40N2O. The van der Waals surface area contributed by atoms with Gasteiger partial charge >= 0.3 is 0 Å². The molecule has 1 unspecified atom stereocenters. The Morgan fingerprint density at radius 1 is 0.842 bits per heavy atom. The molecule has 6 rings (SSSR count). The third kappa shape index (κ3) is 5.62. The molecule has 2 fully saturated rings. The van der Waals surface area contributed by atoms with Crippen LogP contribution in [0, 0.1) is 23.7 Å². The number of rotatable bonds is 11. The molecule has 4 aromatic rings. The van der Waals surface area contributed by atoms with E-state index in [9.17, 15) is 4.79 Å². The second-order valence-electron chi connectivity index (χ2n) is 11.8. The number of nitrogens with zero attached hydrogens (tertiary/aromatic N) is 2. The van der Waals surface area contributed by atoms with Crippen LogP contribution in [-0.4, -0.2) is 15.3 Å². The molecule has 2 heterocycles. The quantitative estimate of drug-likeness (QED) is 0.151. The number of hydrogen-bond acceptors (Lipinski definition) is 2. The zero-order chi connectivity index (χ0) is 25.7. The Hall–Kier alpha value is -3.20. The van der Waals surface area contributed by atoms with Crippen molar-refractivity contribution in [3.05, 3.63) is 96.4 Å². The fourth-order valence-corrected chi connectivity index (χ4v) is 7.57. The zero-order valence-electron chi connectivity index (χ0n) is 22.5. The Bertz CT molecular complexity index is 1330. The number of fused-ring (bicyclic) bond motifs is 3. The molecule has 0 saturated heterocycles. The van der Waals surface area contributed by atoms with Gasteiger partial charge in [0.05, 0.1) is 5.52 Å². The van der Waals surface area contributed by atoms with Gasteiger partial charge in [0, 0.05) is 36.3 Å². The Morgan fingerprint density at radius 3 is 2.42 bits per heavy atom. The van der Waals surface area contributed by atoms with Gasteiger partial charge in [-0.05, 0) is 110 Å². The van der Waals surface area contributed by atoms with E-state index in [1.807, 2.05) is 18.2 Å². The highest BCUT2D eigenvalue weighted by molar-refractivity contribution is 5.99. The van der Waals surface area contributed by atoms with Crippen molar-refractivity contribution in [3.8, 4) is 5.69 Å². The minimum Gasteiger partial charge on any atom is -0.316 e. The molecule has 196 valence electrons. The molecule has 2 bridgehead atoms. The second kappa shape index (κ2) is 11.7. The summed E-state index contributed by atoms with van der Waals surface area (Å²) in [7, 11) is 0. The summed E-state index contributed by atoms with van der Waals surface area (Å²) in [5.41, 5.74) is 4.48. The molecule has 0 radical (unpaired) electrons. The molecule has 0 amide bonds. The lowest BCUT2D eigenvalue weighted by Crippen LogP contribution is -2.26. The van der Waals surface area contributed by atoms with Crippen LogP contribution in [0.25, 0.3) is 16.6 Å². The number of Topliss-reactive ketones (excluding diaryl/α,β-unsaturated/α-hetero) is 1. The lowest BCUT2D eigenvalue weighted by atomic mass is 9.70. The SMILES string of the molecule is O=C(CCCC[C@@H]1C[C@H]2CC[C@@H](C1)C2CCCc1ccccc1)c1ccc2ccn(-c3ccncc3)c2c1. The highest BCUT2D eigenvalue weighted by Gasteiger charge is 2.41. The summed E-state index contributed by atoms with van der Waals surface area (Å²) in [6, 6.07) is 23.2. The molecule has 2 aliphatic rings. The summed E-state index contributed by atoms with van der Waals surface area (Å²) in [6.45, 7) is 0. The van der Waals surface area contributed by atoms with Crippen molar-refractivity contribution in [2.24, 2.45) is 23.7 Å². The molecule has 0 N–H and O–H groups in total. The Labute approximate surface area is 227 Å². The molecule has 3 nitrogen and oxygen atoms in total. The van der Waals surface area contributed by atoms with E-state index in [1.54, 1.807) is 12.4 Å². The van der Waals surface area contributed by atoms with Gasteiger partial charge < -0.3 is 4.57 Å². The van der Waals surface area contributed by atoms with Crippen LogP contribution in [0.15, 0.2) is 85.3 Å². The summed E-state index contributed by atoms with van der Waals surface area (Å²) in [5, 5.41) is 1.16. The number of carbonyl (C=O) groups excluding carboxylic acids is 1. The molecule has 4 atom stereocenters. The topological polar surface area (TPSA) is 34.9 Å². The first-order valence-electron chi connectivity index (χ1n) is 14.8. The Kier molecular flexibility index (Phi) is 7.71. The lowest BCUT2D eigenvalue weighted by molar-refractivity contribution is 0.0976. The summed E-state index contributed by atoms with van der Waals surface area (Å²) >= 11 is 0. The highest BCUT2D eigenvalue weighted by atomic mass is 16.1. The normalized spacial score (nSPS) is 22.6. The third-order valence-electron chi connectivity index (χ3n) is 9.46. The molecule has 38 heavy (non-hydrogen) atoms. The minimum absolute atomic E-state index is 0.275. The predicted octanol–water partition coefficient (Wildman–Crippen LogP) is 8.84. The van der Waals surface area contributed by atoms with Crippen LogP contribution in [0.1, 0.15) is 80.1 Å². The average molecular weight is 505 g/mol. The van der Waals surface area contributed by atoms with Gasteiger partial charge in [-0.1, -0.05) is 55.3 Å².